The molecule has 11 heteroatoms. The molecule has 45 heavy (non-hydrogen) atoms. The van der Waals surface area contributed by atoms with Gasteiger partial charge in [0.1, 0.15) is 5.52 Å². The molecule has 1 aliphatic heterocycles. The Bertz CT molecular complexity index is 1660. The molecule has 0 radical (unpaired) electrons. The summed E-state index contributed by atoms with van der Waals surface area (Å²) >= 11 is 0. The maximum absolute atomic E-state index is 13.3. The Hall–Kier alpha value is -4.48. The molecule has 0 atom stereocenters. The monoisotopic (exact) mass is 614 g/mol. The molecule has 2 amide bonds. The van der Waals surface area contributed by atoms with Crippen molar-refractivity contribution in [3.8, 4) is 0 Å². The van der Waals surface area contributed by atoms with Crippen LogP contribution in [0.3, 0.4) is 0 Å². The zero-order valence-electron chi connectivity index (χ0n) is 26.8. The highest BCUT2D eigenvalue weighted by atomic mass is 16.6. The van der Waals surface area contributed by atoms with Gasteiger partial charge < -0.3 is 24.7 Å². The van der Waals surface area contributed by atoms with E-state index in [1.807, 2.05) is 77.1 Å². The van der Waals surface area contributed by atoms with Gasteiger partial charge in [-0.25, -0.2) is 4.79 Å². The number of hydrogen-bond acceptors (Lipinski definition) is 8. The molecule has 0 aliphatic carbocycles. The maximum atomic E-state index is 13.3. The largest absolute Gasteiger partial charge is 0.447 e. The fourth-order valence-corrected chi connectivity index (χ4v) is 5.06. The van der Waals surface area contributed by atoms with Crippen molar-refractivity contribution in [1.29, 1.82) is 0 Å². The number of fused-ring (bicyclic) bond motifs is 1. The van der Waals surface area contributed by atoms with Gasteiger partial charge >= 0.3 is 6.09 Å². The molecule has 2 N–H and O–H groups in total. The number of piperazine rings is 1. The van der Waals surface area contributed by atoms with Crippen LogP contribution >= 0.6 is 0 Å². The number of nitrogens with zero attached hydrogens (tertiary/aromatic N) is 4. The summed E-state index contributed by atoms with van der Waals surface area (Å²) in [6.45, 7) is 14.6. The van der Waals surface area contributed by atoms with Crippen molar-refractivity contribution in [2.24, 2.45) is 5.41 Å². The third-order valence-corrected chi connectivity index (χ3v) is 7.75. The van der Waals surface area contributed by atoms with Gasteiger partial charge in [0.15, 0.2) is 17.2 Å². The smallest absolute Gasteiger partial charge is 0.435 e. The van der Waals surface area contributed by atoms with Crippen LogP contribution in [0.15, 0.2) is 65.1 Å². The van der Waals surface area contributed by atoms with E-state index in [1.54, 1.807) is 12.1 Å². The summed E-state index contributed by atoms with van der Waals surface area (Å²) in [5.41, 5.74) is 1.75. The van der Waals surface area contributed by atoms with Crippen molar-refractivity contribution >= 4 is 34.8 Å². The van der Waals surface area contributed by atoms with E-state index in [0.29, 0.717) is 5.56 Å². The van der Waals surface area contributed by atoms with E-state index < -0.39 is 23.4 Å². The van der Waals surface area contributed by atoms with Gasteiger partial charge in [0.2, 0.25) is 0 Å². The first-order chi connectivity index (χ1) is 21.3. The van der Waals surface area contributed by atoms with Crippen molar-refractivity contribution in [1.82, 2.24) is 24.9 Å². The maximum Gasteiger partial charge on any atom is 0.435 e. The number of carbonyl (C=O) groups is 3. The Balaban J connectivity index is 1.37. The lowest BCUT2D eigenvalue weighted by atomic mass is 9.94. The molecule has 2 aromatic carbocycles. The molecule has 2 aromatic heterocycles. The minimum Gasteiger partial charge on any atom is -0.447 e. The molecule has 11 nitrogen and oxygen atoms in total. The molecule has 0 spiro atoms. The molecular formula is C34H42N6O5. The topological polar surface area (TPSA) is 122 Å². The molecular weight excluding hydrogens is 572 g/mol. The molecule has 0 unspecified atom stereocenters. The first-order valence-corrected chi connectivity index (χ1v) is 15.2. The number of anilines is 1. The summed E-state index contributed by atoms with van der Waals surface area (Å²) in [6.07, 6.45) is -0.749. The van der Waals surface area contributed by atoms with Gasteiger partial charge in [-0.2, -0.15) is 4.68 Å². The number of furan rings is 1. The number of nitrogens with one attached hydrogen (secondary N) is 2. The lowest BCUT2D eigenvalue weighted by molar-refractivity contribution is 0.0885. The zero-order valence-corrected chi connectivity index (χ0v) is 26.8. The third kappa shape index (κ3) is 7.79. The quantitative estimate of drug-likeness (QED) is 0.273. The summed E-state index contributed by atoms with van der Waals surface area (Å²) in [5.74, 6) is -0.940. The van der Waals surface area contributed by atoms with Gasteiger partial charge in [0.25, 0.3) is 11.8 Å². The first-order valence-electron chi connectivity index (χ1n) is 15.2. The highest BCUT2D eigenvalue weighted by molar-refractivity contribution is 6.08. The first kappa shape index (κ1) is 31.9. The van der Waals surface area contributed by atoms with E-state index >= 15 is 0 Å². The van der Waals surface area contributed by atoms with Crippen LogP contribution in [0.4, 0.5) is 10.6 Å². The van der Waals surface area contributed by atoms with Crippen LogP contribution in [0.2, 0.25) is 0 Å². The van der Waals surface area contributed by atoms with Gasteiger partial charge in [0.05, 0.1) is 12.1 Å². The number of benzene rings is 2. The second kappa shape index (κ2) is 12.9. The van der Waals surface area contributed by atoms with Crippen LogP contribution in [0.5, 0.6) is 0 Å². The molecule has 0 bridgehead atoms. The highest BCUT2D eigenvalue weighted by Crippen LogP contribution is 2.29. The highest BCUT2D eigenvalue weighted by Gasteiger charge is 2.29. The Labute approximate surface area is 263 Å². The van der Waals surface area contributed by atoms with Gasteiger partial charge in [-0.3, -0.25) is 14.5 Å². The number of ether oxygens (including phenoxy) is 1. The van der Waals surface area contributed by atoms with E-state index in [1.165, 1.54) is 6.07 Å². The van der Waals surface area contributed by atoms with E-state index in [0.717, 1.165) is 48.5 Å². The van der Waals surface area contributed by atoms with Crippen LogP contribution in [-0.2, 0) is 16.8 Å². The fourth-order valence-electron chi connectivity index (χ4n) is 5.06. The SMILES string of the molecule is CN1CCN(Cc2ccc(C(=O)Nc3nn(C(=O)OCC(C)(C)C)c4cc(C(=O)NC(C)(C)c5ccccc5)oc34)cc2)CC1. The number of rotatable bonds is 8. The number of amides is 2. The molecule has 4 aromatic rings. The van der Waals surface area contributed by atoms with Crippen LogP contribution in [0.25, 0.3) is 11.1 Å². The van der Waals surface area contributed by atoms with E-state index in [-0.39, 0.29) is 34.7 Å². The molecule has 5 rings (SSSR count). The summed E-state index contributed by atoms with van der Waals surface area (Å²) in [5, 5.41) is 10.1. The summed E-state index contributed by atoms with van der Waals surface area (Å²) in [4.78, 5) is 44.5. The van der Waals surface area contributed by atoms with Crippen LogP contribution in [0.1, 0.15) is 66.7 Å². The lowest BCUT2D eigenvalue weighted by Gasteiger charge is -2.32. The Kier molecular flexibility index (Phi) is 9.13. The molecule has 1 aliphatic rings. The number of aromatic nitrogens is 2. The second-order valence-electron chi connectivity index (χ2n) is 13.4. The standard InChI is InChI=1S/C34H42N6O5/c1-33(2,3)22-44-32(43)40-26-20-27(31(42)36-34(4,5)25-10-8-7-9-11-25)45-28(26)29(37-40)35-30(41)24-14-12-23(13-15-24)21-39-18-16-38(6)17-19-39/h7-15,20H,16-19,21-22H2,1-6H3,(H,36,42)(H,35,37,41). The molecule has 238 valence electrons. The van der Waals surface area contributed by atoms with Gasteiger partial charge in [-0.1, -0.05) is 63.2 Å². The van der Waals surface area contributed by atoms with Gasteiger partial charge in [-0.05, 0) is 49.6 Å². The summed E-state index contributed by atoms with van der Waals surface area (Å²) in [7, 11) is 2.13. The van der Waals surface area contributed by atoms with Crippen LogP contribution in [0, 0.1) is 5.41 Å². The Morgan fingerprint density at radius 3 is 2.22 bits per heavy atom. The zero-order chi connectivity index (χ0) is 32.4. The normalized spacial score (nSPS) is 14.8. The minimum atomic E-state index is -0.749. The predicted molar refractivity (Wildman–Crippen MR) is 172 cm³/mol. The number of likely N-dealkylation sites (N-methyl/N-ethyl adjacent to an activating group) is 1. The Morgan fingerprint density at radius 1 is 0.911 bits per heavy atom. The lowest BCUT2D eigenvalue weighted by Crippen LogP contribution is -2.43. The number of hydrogen-bond donors (Lipinski definition) is 2. The third-order valence-electron chi connectivity index (χ3n) is 7.75. The van der Waals surface area contributed by atoms with Crippen molar-refractivity contribution in [2.45, 2.75) is 46.7 Å². The van der Waals surface area contributed by atoms with Gasteiger partial charge in [0, 0.05) is 44.4 Å². The second-order valence-corrected chi connectivity index (χ2v) is 13.4. The van der Waals surface area contributed by atoms with Crippen molar-refractivity contribution in [2.75, 3.05) is 45.2 Å². The van der Waals surface area contributed by atoms with Crippen molar-refractivity contribution < 1.29 is 23.5 Å². The fraction of sp³-hybridized carbons (Fsp3) is 0.412. The summed E-state index contributed by atoms with van der Waals surface area (Å²) < 4.78 is 12.4. The van der Waals surface area contributed by atoms with Crippen molar-refractivity contribution in [3.63, 3.8) is 0 Å². The number of carbonyl (C=O) groups excluding carboxylic acids is 3. The average Bonchev–Trinajstić information content (AvgIpc) is 3.58. The predicted octanol–water partition coefficient (Wildman–Crippen LogP) is 5.32. The van der Waals surface area contributed by atoms with E-state index in [9.17, 15) is 14.4 Å². The molecule has 1 saturated heterocycles. The van der Waals surface area contributed by atoms with Crippen LogP contribution < -0.4 is 10.6 Å². The van der Waals surface area contributed by atoms with Gasteiger partial charge in [-0.15, -0.1) is 5.10 Å². The molecule has 0 saturated carbocycles. The van der Waals surface area contributed by atoms with Crippen molar-refractivity contribution in [3.05, 3.63) is 83.1 Å². The minimum absolute atomic E-state index is 0.00518. The van der Waals surface area contributed by atoms with E-state index in [2.05, 4.69) is 32.6 Å². The summed E-state index contributed by atoms with van der Waals surface area (Å²) in [6, 6.07) is 18.4. The Morgan fingerprint density at radius 2 is 1.58 bits per heavy atom. The molecule has 1 fully saturated rings. The van der Waals surface area contributed by atoms with Crippen LogP contribution in [-0.4, -0.2) is 77.3 Å². The average molecular weight is 615 g/mol. The molecule has 3 heterocycles. The van der Waals surface area contributed by atoms with E-state index in [4.69, 9.17) is 9.15 Å².